The second-order valence-corrected chi connectivity index (χ2v) is 6.33. The van der Waals surface area contributed by atoms with Gasteiger partial charge in [0.1, 0.15) is 0 Å². The first-order chi connectivity index (χ1) is 10.0. The Balaban J connectivity index is 1.70. The molecule has 4 heteroatoms. The van der Waals surface area contributed by atoms with Crippen molar-refractivity contribution in [1.29, 1.82) is 0 Å². The molecule has 0 saturated heterocycles. The molecule has 2 nitrogen and oxygen atoms in total. The Morgan fingerprint density at radius 3 is 2.48 bits per heavy atom. The lowest BCUT2D eigenvalue weighted by Crippen LogP contribution is -2.15. The third-order valence-corrected chi connectivity index (χ3v) is 4.28. The van der Waals surface area contributed by atoms with Crippen molar-refractivity contribution >= 4 is 34.8 Å². The van der Waals surface area contributed by atoms with Crippen molar-refractivity contribution in [3.05, 3.63) is 63.6 Å². The Kier molecular flexibility index (Phi) is 3.92. The average Bonchev–Trinajstić information content (AvgIpc) is 3.20. The van der Waals surface area contributed by atoms with Crippen molar-refractivity contribution in [3.8, 4) is 0 Å². The van der Waals surface area contributed by atoms with E-state index in [1.807, 2.05) is 43.3 Å². The van der Waals surface area contributed by atoms with Crippen molar-refractivity contribution in [2.45, 2.75) is 19.3 Å². The van der Waals surface area contributed by atoms with E-state index in [-0.39, 0.29) is 17.7 Å². The van der Waals surface area contributed by atoms with Crippen LogP contribution in [0.4, 0.5) is 5.69 Å². The van der Waals surface area contributed by atoms with Gasteiger partial charge in [-0.05, 0) is 54.7 Å². The molecule has 0 unspecified atom stereocenters. The zero-order valence-electron chi connectivity index (χ0n) is 11.6. The van der Waals surface area contributed by atoms with Gasteiger partial charge < -0.3 is 5.32 Å². The van der Waals surface area contributed by atoms with Crippen molar-refractivity contribution in [1.82, 2.24) is 0 Å². The maximum atomic E-state index is 12.3. The number of anilines is 1. The average molecular weight is 320 g/mol. The fourth-order valence-corrected chi connectivity index (χ4v) is 3.12. The summed E-state index contributed by atoms with van der Waals surface area (Å²) in [6, 6.07) is 13.3. The fourth-order valence-electron chi connectivity index (χ4n) is 2.58. The van der Waals surface area contributed by atoms with E-state index in [0.29, 0.717) is 10.0 Å². The van der Waals surface area contributed by atoms with E-state index in [4.69, 9.17) is 23.2 Å². The summed E-state index contributed by atoms with van der Waals surface area (Å²) in [6.45, 7) is 1.98. The number of nitrogens with one attached hydrogen (secondary N) is 1. The molecule has 1 fully saturated rings. The first kappa shape index (κ1) is 14.4. The fraction of sp³-hybridized carbons (Fsp3) is 0.235. The third kappa shape index (κ3) is 3.22. The van der Waals surface area contributed by atoms with E-state index in [9.17, 15) is 4.79 Å². The molecule has 1 amide bonds. The lowest BCUT2D eigenvalue weighted by atomic mass is 10.1. The van der Waals surface area contributed by atoms with Crippen LogP contribution in [0.1, 0.15) is 23.5 Å². The van der Waals surface area contributed by atoms with Gasteiger partial charge in [-0.25, -0.2) is 0 Å². The zero-order chi connectivity index (χ0) is 15.0. The summed E-state index contributed by atoms with van der Waals surface area (Å²) in [4.78, 5) is 12.3. The molecule has 0 bridgehead atoms. The predicted octanol–water partition coefficient (Wildman–Crippen LogP) is 5.04. The van der Waals surface area contributed by atoms with Crippen LogP contribution < -0.4 is 5.32 Å². The van der Waals surface area contributed by atoms with Crippen LogP contribution in [-0.4, -0.2) is 5.91 Å². The molecule has 2 atom stereocenters. The minimum atomic E-state index is -0.000797. The lowest BCUT2D eigenvalue weighted by molar-refractivity contribution is -0.117. The summed E-state index contributed by atoms with van der Waals surface area (Å²) in [7, 11) is 0. The quantitative estimate of drug-likeness (QED) is 0.843. The van der Waals surface area contributed by atoms with Crippen LogP contribution in [0.5, 0.6) is 0 Å². The first-order valence-electron chi connectivity index (χ1n) is 6.87. The van der Waals surface area contributed by atoms with Gasteiger partial charge >= 0.3 is 0 Å². The Morgan fingerprint density at radius 1 is 1.14 bits per heavy atom. The Labute approximate surface area is 134 Å². The van der Waals surface area contributed by atoms with Crippen LogP contribution in [-0.2, 0) is 4.79 Å². The standard InChI is InChI=1S/C17H15Cl2NO/c1-10-4-2-3-5-16(10)20-17(21)15-9-14(15)11-6-12(18)8-13(19)7-11/h2-8,14-15H,9H2,1H3,(H,20,21)/t14-,15-/m1/s1. The van der Waals surface area contributed by atoms with Crippen LogP contribution >= 0.6 is 23.2 Å². The molecule has 0 aliphatic heterocycles. The molecule has 1 N–H and O–H groups in total. The number of amides is 1. The van der Waals surface area contributed by atoms with Crippen molar-refractivity contribution < 1.29 is 4.79 Å². The molecule has 0 heterocycles. The van der Waals surface area contributed by atoms with Gasteiger partial charge in [-0.3, -0.25) is 4.79 Å². The number of hydrogen-bond donors (Lipinski definition) is 1. The molecule has 3 rings (SSSR count). The summed E-state index contributed by atoms with van der Waals surface area (Å²) >= 11 is 12.0. The van der Waals surface area contributed by atoms with E-state index < -0.39 is 0 Å². The summed E-state index contributed by atoms with van der Waals surface area (Å²) in [5, 5.41) is 4.22. The van der Waals surface area contributed by atoms with Gasteiger partial charge in [0.2, 0.25) is 5.91 Å². The van der Waals surface area contributed by atoms with Gasteiger partial charge in [-0.2, -0.15) is 0 Å². The molecule has 0 aromatic heterocycles. The van der Waals surface area contributed by atoms with Crippen molar-refractivity contribution in [2.75, 3.05) is 5.32 Å². The van der Waals surface area contributed by atoms with E-state index in [0.717, 1.165) is 23.2 Å². The molecule has 2 aromatic rings. The predicted molar refractivity (Wildman–Crippen MR) is 87.1 cm³/mol. The number of para-hydroxylation sites is 1. The Bertz CT molecular complexity index is 679. The van der Waals surface area contributed by atoms with Gasteiger partial charge in [0.25, 0.3) is 0 Å². The molecule has 1 aliphatic carbocycles. The monoisotopic (exact) mass is 319 g/mol. The molecule has 2 aromatic carbocycles. The van der Waals surface area contributed by atoms with Crippen LogP contribution in [0.15, 0.2) is 42.5 Å². The first-order valence-corrected chi connectivity index (χ1v) is 7.62. The minimum Gasteiger partial charge on any atom is -0.326 e. The van der Waals surface area contributed by atoms with E-state index >= 15 is 0 Å². The van der Waals surface area contributed by atoms with Crippen LogP contribution in [0, 0.1) is 12.8 Å². The molecular formula is C17H15Cl2NO. The molecule has 108 valence electrons. The van der Waals surface area contributed by atoms with Crippen LogP contribution in [0.25, 0.3) is 0 Å². The second-order valence-electron chi connectivity index (χ2n) is 5.46. The van der Waals surface area contributed by atoms with Gasteiger partial charge in [0, 0.05) is 21.7 Å². The number of rotatable bonds is 3. The normalized spacial score (nSPS) is 20.1. The van der Waals surface area contributed by atoms with Gasteiger partial charge in [-0.1, -0.05) is 41.4 Å². The molecule has 0 radical (unpaired) electrons. The van der Waals surface area contributed by atoms with Crippen LogP contribution in [0.3, 0.4) is 0 Å². The highest BCUT2D eigenvalue weighted by atomic mass is 35.5. The number of benzene rings is 2. The third-order valence-electron chi connectivity index (χ3n) is 3.84. The number of halogens is 2. The Morgan fingerprint density at radius 2 is 1.81 bits per heavy atom. The van der Waals surface area contributed by atoms with Crippen LogP contribution in [0.2, 0.25) is 10.0 Å². The highest BCUT2D eigenvalue weighted by Gasteiger charge is 2.44. The topological polar surface area (TPSA) is 29.1 Å². The molecule has 0 spiro atoms. The van der Waals surface area contributed by atoms with Gasteiger partial charge in [-0.15, -0.1) is 0 Å². The summed E-state index contributed by atoms with van der Waals surface area (Å²) in [6.07, 6.45) is 0.842. The molecule has 1 saturated carbocycles. The molecule has 21 heavy (non-hydrogen) atoms. The number of carbonyl (C=O) groups excluding carboxylic acids is 1. The number of carbonyl (C=O) groups is 1. The van der Waals surface area contributed by atoms with E-state index in [1.54, 1.807) is 6.07 Å². The SMILES string of the molecule is Cc1ccccc1NC(=O)[C@@H]1C[C@@H]1c1cc(Cl)cc(Cl)c1. The largest absolute Gasteiger partial charge is 0.326 e. The van der Waals surface area contributed by atoms with E-state index in [2.05, 4.69) is 5.32 Å². The smallest absolute Gasteiger partial charge is 0.228 e. The maximum absolute atomic E-state index is 12.3. The molecular weight excluding hydrogens is 305 g/mol. The highest BCUT2D eigenvalue weighted by Crippen LogP contribution is 2.49. The van der Waals surface area contributed by atoms with E-state index in [1.165, 1.54) is 0 Å². The summed E-state index contributed by atoms with van der Waals surface area (Å²) < 4.78 is 0. The molecule has 1 aliphatic rings. The zero-order valence-corrected chi connectivity index (χ0v) is 13.1. The Hall–Kier alpha value is -1.51. The lowest BCUT2D eigenvalue weighted by Gasteiger charge is -2.08. The minimum absolute atomic E-state index is 0.000797. The van der Waals surface area contributed by atoms with Crippen molar-refractivity contribution in [3.63, 3.8) is 0 Å². The maximum Gasteiger partial charge on any atom is 0.228 e. The number of aryl methyl sites for hydroxylation is 1. The van der Waals surface area contributed by atoms with Gasteiger partial charge in [0.15, 0.2) is 0 Å². The summed E-state index contributed by atoms with van der Waals surface area (Å²) in [5.74, 6) is 0.273. The highest BCUT2D eigenvalue weighted by molar-refractivity contribution is 6.34. The summed E-state index contributed by atoms with van der Waals surface area (Å²) in [5.41, 5.74) is 2.98. The van der Waals surface area contributed by atoms with Gasteiger partial charge in [0.05, 0.1) is 0 Å². The number of hydrogen-bond acceptors (Lipinski definition) is 1. The van der Waals surface area contributed by atoms with Crippen molar-refractivity contribution in [2.24, 2.45) is 5.92 Å². The second kappa shape index (κ2) is 5.70.